The molecule has 0 aliphatic carbocycles. The van der Waals surface area contributed by atoms with Crippen LogP contribution < -0.4 is 116 Å². The van der Waals surface area contributed by atoms with Crippen LogP contribution in [-0.4, -0.2) is 136 Å². The number of anilines is 6. The van der Waals surface area contributed by atoms with Crippen molar-refractivity contribution in [3.8, 4) is 11.5 Å². The molecule has 0 aromatic heterocycles. The average Bonchev–Trinajstić information content (AvgIpc) is 3.27. The van der Waals surface area contributed by atoms with Crippen LogP contribution in [0.4, 0.5) is 34.1 Å². The van der Waals surface area contributed by atoms with Crippen LogP contribution in [0.2, 0.25) is 0 Å². The summed E-state index contributed by atoms with van der Waals surface area (Å²) in [6, 6.07) is 31.4. The van der Waals surface area contributed by atoms with Gasteiger partial charge in [-0.05, 0) is 86.8 Å². The fraction of sp³-hybridized carbons (Fsp3) is 0.426. The summed E-state index contributed by atoms with van der Waals surface area (Å²) >= 11 is 11.1. The van der Waals surface area contributed by atoms with Crippen molar-refractivity contribution < 1.29 is 118 Å². The number of Topliss-reactive ketones (excluding diaryl/α,β-unsaturated/α-hetero) is 1. The number of thiocarbonyl (C=S) groups is 2. The van der Waals surface area contributed by atoms with Crippen LogP contribution in [0.15, 0.2) is 97.1 Å². The van der Waals surface area contributed by atoms with E-state index >= 15 is 0 Å². The Bertz CT molecular complexity index is 1830. The van der Waals surface area contributed by atoms with Crippen LogP contribution in [0.25, 0.3) is 0 Å². The van der Waals surface area contributed by atoms with Crippen molar-refractivity contribution in [2.45, 2.75) is 13.8 Å². The Morgan fingerprint density at radius 3 is 1.08 bits per heavy atom. The Labute approximate surface area is 461 Å². The molecule has 0 spiro atoms. The molecular weight excluding hydrogens is 1020 g/mol. The minimum atomic E-state index is 0. The monoisotopic (exact) mass is 1090 g/mol. The van der Waals surface area contributed by atoms with E-state index in [2.05, 4.69) is 31.1 Å². The number of nitrogens with zero attached hydrogens (tertiary/aromatic N) is 2. The first-order chi connectivity index (χ1) is 31.2. The summed E-state index contributed by atoms with van der Waals surface area (Å²) in [4.78, 5) is 13.6. The van der Waals surface area contributed by atoms with Gasteiger partial charge in [0.15, 0.2) is 10.2 Å². The van der Waals surface area contributed by atoms with Gasteiger partial charge in [0.25, 0.3) is 0 Å². The number of hydrogen-bond acceptors (Lipinski definition) is 13. The van der Waals surface area contributed by atoms with Crippen LogP contribution in [0.1, 0.15) is 13.8 Å². The second-order valence-electron chi connectivity index (χ2n) is 14.4. The first kappa shape index (κ1) is 59.4. The SMILES string of the molecule is CC(C)=O.CN1CCOCCOCCOCCN(C)c2ccc(NC(=S)Nc3ccccc3)cc2OCCOCCOCCOCCOc2cc(NC(=S)Nc3ccccc3)ccc21.[I-].[K+]. The molecule has 0 unspecified atom stereocenters. The fourth-order valence-corrected chi connectivity index (χ4v) is 6.30. The largest absolute Gasteiger partial charge is 1.00 e. The zero-order chi connectivity index (χ0) is 45.6. The summed E-state index contributed by atoms with van der Waals surface area (Å²) < 4.78 is 47.4. The van der Waals surface area contributed by atoms with Gasteiger partial charge >= 0.3 is 51.4 Å². The number of ketones is 1. The zero-order valence-corrected chi connectivity index (χ0v) is 45.7. The van der Waals surface area contributed by atoms with Crippen molar-refractivity contribution >= 4 is 74.6 Å². The van der Waals surface area contributed by atoms with Gasteiger partial charge in [0, 0.05) is 62.1 Å². The number of benzene rings is 4. The molecule has 66 heavy (non-hydrogen) atoms. The molecule has 5 rings (SSSR count). The molecular formula is C47H64IKN6O9S2. The van der Waals surface area contributed by atoms with Crippen molar-refractivity contribution in [1.82, 2.24) is 0 Å². The van der Waals surface area contributed by atoms with Crippen molar-refractivity contribution in [3.63, 3.8) is 0 Å². The van der Waals surface area contributed by atoms with Gasteiger partial charge in [-0.15, -0.1) is 0 Å². The molecule has 15 nitrogen and oxygen atoms in total. The van der Waals surface area contributed by atoms with Gasteiger partial charge in [-0.3, -0.25) is 0 Å². The van der Waals surface area contributed by atoms with E-state index in [0.717, 1.165) is 34.1 Å². The molecule has 0 saturated heterocycles. The Hall–Kier alpha value is -2.74. The molecule has 1 heterocycles. The average molecular weight is 1090 g/mol. The van der Waals surface area contributed by atoms with Crippen LogP contribution in [0.5, 0.6) is 11.5 Å². The van der Waals surface area contributed by atoms with E-state index in [9.17, 15) is 4.79 Å². The van der Waals surface area contributed by atoms with Gasteiger partial charge in [-0.2, -0.15) is 0 Å². The Morgan fingerprint density at radius 1 is 0.455 bits per heavy atom. The second-order valence-corrected chi connectivity index (χ2v) is 15.2. The summed E-state index contributed by atoms with van der Waals surface area (Å²) in [6.45, 7) is 10.5. The summed E-state index contributed by atoms with van der Waals surface area (Å²) in [5.74, 6) is 1.56. The molecule has 0 fully saturated rings. The standard InChI is InChI=1S/C44H58N6O8S2.C3H6O.HI.K/c1-49-17-19-51-21-23-53-24-22-52-20-18-50(2)40-16-14-38(48-44(60)46-36-11-7-4-8-12-36)34-42(40)58-32-30-56-28-26-54-25-27-55-29-31-57-41-33-37(13-15-39(41)49)47-43(59)45-35-9-5-3-6-10-35;1-3(2)4;;/h3-16,33-34H,17-32H2,1-2H3,(H2,45,47,59)(H2,46,48,60);1-2H3;1H;/q;;;+1/p-1. The van der Waals surface area contributed by atoms with E-state index in [0.29, 0.717) is 127 Å². The molecule has 19 heteroatoms. The third-order valence-electron chi connectivity index (χ3n) is 8.92. The molecule has 4 N–H and O–H groups in total. The van der Waals surface area contributed by atoms with Gasteiger partial charge in [-0.25, -0.2) is 0 Å². The normalized spacial score (nSPS) is 15.3. The number of nitrogens with one attached hydrogen (secondary N) is 4. The second kappa shape index (κ2) is 36.3. The van der Waals surface area contributed by atoms with Crippen LogP contribution in [0, 0.1) is 0 Å². The first-order valence-corrected chi connectivity index (χ1v) is 22.2. The molecule has 0 atom stereocenters. The number of hydrogen-bond donors (Lipinski definition) is 4. The van der Waals surface area contributed by atoms with Crippen molar-refractivity contribution in [2.24, 2.45) is 0 Å². The molecule has 4 aromatic carbocycles. The summed E-state index contributed by atoms with van der Waals surface area (Å²) in [5, 5.41) is 13.9. The topological polar surface area (TPSA) is 146 Å². The molecule has 0 amide bonds. The molecule has 0 bridgehead atoms. The van der Waals surface area contributed by atoms with E-state index in [1.54, 1.807) is 0 Å². The molecule has 0 saturated carbocycles. The molecule has 4 aromatic rings. The third kappa shape index (κ3) is 25.6. The predicted molar refractivity (Wildman–Crippen MR) is 264 cm³/mol. The van der Waals surface area contributed by atoms with E-state index in [1.165, 1.54) is 13.8 Å². The number of halogens is 1. The summed E-state index contributed by atoms with van der Waals surface area (Å²) in [7, 11) is 4.02. The van der Waals surface area contributed by atoms with Gasteiger partial charge in [0.1, 0.15) is 30.5 Å². The van der Waals surface area contributed by atoms with Gasteiger partial charge in [0.05, 0.1) is 90.7 Å². The smallest absolute Gasteiger partial charge is 1.00 e. The quantitative estimate of drug-likeness (QED) is 0.133. The predicted octanol–water partition coefficient (Wildman–Crippen LogP) is 1.35. The van der Waals surface area contributed by atoms with Gasteiger partial charge in [-0.1, -0.05) is 36.4 Å². The fourth-order valence-electron chi connectivity index (χ4n) is 5.82. The first-order valence-electron chi connectivity index (χ1n) is 21.3. The number of likely N-dealkylation sites (N-methyl/N-ethyl adjacent to an activating group) is 2. The molecule has 356 valence electrons. The van der Waals surface area contributed by atoms with Gasteiger partial charge < -0.3 is 97.7 Å². The number of ether oxygens (including phenoxy) is 8. The number of rotatable bonds is 4. The Morgan fingerprint density at radius 2 is 0.742 bits per heavy atom. The zero-order valence-electron chi connectivity index (χ0n) is 38.8. The maximum atomic E-state index is 9.44. The van der Waals surface area contributed by atoms with E-state index in [4.69, 9.17) is 62.3 Å². The minimum Gasteiger partial charge on any atom is -1.00 e. The van der Waals surface area contributed by atoms with Crippen molar-refractivity contribution in [2.75, 3.05) is 151 Å². The molecule has 0 radical (unpaired) electrons. The van der Waals surface area contributed by atoms with E-state index < -0.39 is 0 Å². The van der Waals surface area contributed by atoms with Crippen LogP contribution in [0.3, 0.4) is 0 Å². The van der Waals surface area contributed by atoms with E-state index in [1.807, 2.05) is 111 Å². The summed E-state index contributed by atoms with van der Waals surface area (Å²) in [5.41, 5.74) is 5.23. The van der Waals surface area contributed by atoms with Crippen molar-refractivity contribution in [3.05, 3.63) is 97.1 Å². The number of para-hydroxylation sites is 2. The number of carbonyl (C=O) groups excluding carboxylic acids is 1. The Balaban J connectivity index is 0.00000239. The molecule has 1 aliphatic rings. The third-order valence-corrected chi connectivity index (χ3v) is 9.33. The Kier molecular flexibility index (Phi) is 32.6. The van der Waals surface area contributed by atoms with Crippen LogP contribution in [-0.2, 0) is 33.2 Å². The number of fused-ring (bicyclic) bond motifs is 2. The number of carbonyl (C=O) groups is 1. The minimum absolute atomic E-state index is 0. The molecule has 1 aliphatic heterocycles. The van der Waals surface area contributed by atoms with Crippen molar-refractivity contribution in [1.29, 1.82) is 0 Å². The van der Waals surface area contributed by atoms with Crippen LogP contribution >= 0.6 is 24.4 Å². The maximum Gasteiger partial charge on any atom is 1.00 e. The maximum absolute atomic E-state index is 9.44. The van der Waals surface area contributed by atoms with Gasteiger partial charge in [0.2, 0.25) is 0 Å². The van der Waals surface area contributed by atoms with E-state index in [-0.39, 0.29) is 81.1 Å². The summed E-state index contributed by atoms with van der Waals surface area (Å²) in [6.07, 6.45) is 0.